The van der Waals surface area contributed by atoms with Crippen LogP contribution < -0.4 is 5.32 Å². The molecule has 0 radical (unpaired) electrons. The molecule has 0 amide bonds. The Morgan fingerprint density at radius 2 is 2.36 bits per heavy atom. The summed E-state index contributed by atoms with van der Waals surface area (Å²) in [5.74, 6) is 1.61. The van der Waals surface area contributed by atoms with Gasteiger partial charge in [0.1, 0.15) is 0 Å². The van der Waals surface area contributed by atoms with Gasteiger partial charge in [-0.25, -0.2) is 0 Å². The van der Waals surface area contributed by atoms with Gasteiger partial charge in [-0.05, 0) is 49.9 Å². The molecule has 1 aromatic heterocycles. The van der Waals surface area contributed by atoms with Crippen LogP contribution in [0.3, 0.4) is 0 Å². The highest BCUT2D eigenvalue weighted by Crippen LogP contribution is 2.45. The Morgan fingerprint density at radius 3 is 2.86 bits per heavy atom. The van der Waals surface area contributed by atoms with Crippen molar-refractivity contribution >= 4 is 22.9 Å². The van der Waals surface area contributed by atoms with Gasteiger partial charge in [0.05, 0.1) is 4.34 Å². The molecule has 1 fully saturated rings. The Labute approximate surface area is 94.5 Å². The van der Waals surface area contributed by atoms with E-state index in [1.54, 1.807) is 11.3 Å². The summed E-state index contributed by atoms with van der Waals surface area (Å²) in [6.45, 7) is 4.40. The molecule has 1 nitrogen and oxygen atoms in total. The predicted molar refractivity (Wildman–Crippen MR) is 63.3 cm³/mol. The van der Waals surface area contributed by atoms with Gasteiger partial charge in [0, 0.05) is 4.88 Å². The van der Waals surface area contributed by atoms with E-state index in [1.165, 1.54) is 17.7 Å². The SMILES string of the molecule is CCNCC1CCC1c1ccc(Cl)s1. The zero-order chi connectivity index (χ0) is 9.97. The summed E-state index contributed by atoms with van der Waals surface area (Å²) < 4.78 is 0.925. The Morgan fingerprint density at radius 1 is 1.50 bits per heavy atom. The minimum Gasteiger partial charge on any atom is -0.317 e. The van der Waals surface area contributed by atoms with E-state index in [2.05, 4.69) is 18.3 Å². The fourth-order valence-electron chi connectivity index (χ4n) is 2.05. The van der Waals surface area contributed by atoms with E-state index >= 15 is 0 Å². The highest BCUT2D eigenvalue weighted by atomic mass is 35.5. The van der Waals surface area contributed by atoms with Gasteiger partial charge < -0.3 is 5.32 Å². The Hall–Kier alpha value is -0.0500. The molecule has 78 valence electrons. The molecule has 2 unspecified atom stereocenters. The molecule has 0 spiro atoms. The number of halogens is 1. The van der Waals surface area contributed by atoms with E-state index in [0.717, 1.165) is 29.3 Å². The van der Waals surface area contributed by atoms with E-state index < -0.39 is 0 Å². The Bertz CT molecular complexity index is 297. The zero-order valence-corrected chi connectivity index (χ0v) is 10.00. The topological polar surface area (TPSA) is 12.0 Å². The van der Waals surface area contributed by atoms with Crippen molar-refractivity contribution in [2.24, 2.45) is 5.92 Å². The quantitative estimate of drug-likeness (QED) is 0.834. The van der Waals surface area contributed by atoms with Gasteiger partial charge in [0.15, 0.2) is 0 Å². The Balaban J connectivity index is 1.92. The molecule has 1 aromatic rings. The van der Waals surface area contributed by atoms with Gasteiger partial charge in [-0.3, -0.25) is 0 Å². The second-order valence-electron chi connectivity index (χ2n) is 3.89. The van der Waals surface area contributed by atoms with Crippen molar-refractivity contribution in [3.05, 3.63) is 21.3 Å². The van der Waals surface area contributed by atoms with Crippen LogP contribution in [0.1, 0.15) is 30.6 Å². The first kappa shape index (κ1) is 10.5. The fraction of sp³-hybridized carbons (Fsp3) is 0.636. The van der Waals surface area contributed by atoms with Crippen LogP contribution in [0.25, 0.3) is 0 Å². The molecule has 1 heterocycles. The Kier molecular flexibility index (Phi) is 3.47. The average molecular weight is 230 g/mol. The van der Waals surface area contributed by atoms with Gasteiger partial charge in [-0.15, -0.1) is 11.3 Å². The third-order valence-electron chi connectivity index (χ3n) is 3.03. The monoisotopic (exact) mass is 229 g/mol. The van der Waals surface area contributed by atoms with Gasteiger partial charge in [0.2, 0.25) is 0 Å². The molecular weight excluding hydrogens is 214 g/mol. The van der Waals surface area contributed by atoms with Crippen molar-refractivity contribution in [2.45, 2.75) is 25.7 Å². The lowest BCUT2D eigenvalue weighted by Gasteiger charge is -2.36. The van der Waals surface area contributed by atoms with E-state index in [9.17, 15) is 0 Å². The maximum Gasteiger partial charge on any atom is 0.0931 e. The van der Waals surface area contributed by atoms with Gasteiger partial charge in [0.25, 0.3) is 0 Å². The number of thiophene rings is 1. The van der Waals surface area contributed by atoms with Crippen LogP contribution in [0.5, 0.6) is 0 Å². The van der Waals surface area contributed by atoms with Crippen molar-refractivity contribution in [3.8, 4) is 0 Å². The summed E-state index contributed by atoms with van der Waals surface area (Å²) in [6, 6.07) is 4.21. The first-order valence-corrected chi connectivity index (χ1v) is 6.46. The molecule has 1 aliphatic carbocycles. The summed E-state index contributed by atoms with van der Waals surface area (Å²) in [5.41, 5.74) is 0. The molecular formula is C11H16ClNS. The van der Waals surface area contributed by atoms with Crippen LogP contribution in [0, 0.1) is 5.92 Å². The van der Waals surface area contributed by atoms with Crippen molar-refractivity contribution in [1.29, 1.82) is 0 Å². The van der Waals surface area contributed by atoms with E-state index in [0.29, 0.717) is 0 Å². The standard InChI is InChI=1S/C11H16ClNS/c1-2-13-7-8-3-4-9(8)10-5-6-11(12)14-10/h5-6,8-9,13H,2-4,7H2,1H3. The third kappa shape index (κ3) is 2.13. The summed E-state index contributed by atoms with van der Waals surface area (Å²) in [5, 5.41) is 3.43. The molecule has 2 atom stereocenters. The predicted octanol–water partition coefficient (Wildman–Crippen LogP) is 3.50. The normalized spacial score (nSPS) is 26.1. The minimum atomic E-state index is 0.770. The molecule has 14 heavy (non-hydrogen) atoms. The van der Waals surface area contributed by atoms with Crippen molar-refractivity contribution in [3.63, 3.8) is 0 Å². The highest BCUT2D eigenvalue weighted by Gasteiger charge is 2.32. The first-order valence-electron chi connectivity index (χ1n) is 5.27. The van der Waals surface area contributed by atoms with Crippen molar-refractivity contribution < 1.29 is 0 Å². The molecule has 0 aromatic carbocycles. The average Bonchev–Trinajstić information content (AvgIpc) is 2.51. The van der Waals surface area contributed by atoms with Gasteiger partial charge in [-0.1, -0.05) is 18.5 Å². The maximum absolute atomic E-state index is 5.94. The number of hydrogen-bond donors (Lipinski definition) is 1. The van der Waals surface area contributed by atoms with Gasteiger partial charge >= 0.3 is 0 Å². The lowest BCUT2D eigenvalue weighted by atomic mass is 9.73. The molecule has 1 saturated carbocycles. The summed E-state index contributed by atoms with van der Waals surface area (Å²) >= 11 is 7.69. The fourth-order valence-corrected chi connectivity index (χ4v) is 3.33. The van der Waals surface area contributed by atoms with Crippen LogP contribution in [0.15, 0.2) is 12.1 Å². The maximum atomic E-state index is 5.94. The number of nitrogens with one attached hydrogen (secondary N) is 1. The highest BCUT2D eigenvalue weighted by molar-refractivity contribution is 7.16. The lowest BCUT2D eigenvalue weighted by molar-refractivity contribution is 0.251. The minimum absolute atomic E-state index is 0.770. The molecule has 0 bridgehead atoms. The summed E-state index contributed by atoms with van der Waals surface area (Å²) in [7, 11) is 0. The third-order valence-corrected chi connectivity index (χ3v) is 4.40. The van der Waals surface area contributed by atoms with Gasteiger partial charge in [-0.2, -0.15) is 0 Å². The van der Waals surface area contributed by atoms with Crippen LogP contribution in [-0.2, 0) is 0 Å². The smallest absolute Gasteiger partial charge is 0.0931 e. The van der Waals surface area contributed by atoms with Crippen LogP contribution >= 0.6 is 22.9 Å². The summed E-state index contributed by atoms with van der Waals surface area (Å²) in [4.78, 5) is 1.48. The second-order valence-corrected chi connectivity index (χ2v) is 5.64. The number of hydrogen-bond acceptors (Lipinski definition) is 2. The van der Waals surface area contributed by atoms with Crippen molar-refractivity contribution in [1.82, 2.24) is 5.32 Å². The molecule has 1 N–H and O–H groups in total. The van der Waals surface area contributed by atoms with E-state index in [4.69, 9.17) is 11.6 Å². The van der Waals surface area contributed by atoms with E-state index in [1.807, 2.05) is 6.07 Å². The van der Waals surface area contributed by atoms with Crippen LogP contribution in [-0.4, -0.2) is 13.1 Å². The van der Waals surface area contributed by atoms with E-state index in [-0.39, 0.29) is 0 Å². The largest absolute Gasteiger partial charge is 0.317 e. The molecule has 0 aliphatic heterocycles. The lowest BCUT2D eigenvalue weighted by Crippen LogP contribution is -2.33. The second kappa shape index (κ2) is 4.65. The number of rotatable bonds is 4. The first-order chi connectivity index (χ1) is 6.81. The van der Waals surface area contributed by atoms with Crippen molar-refractivity contribution in [2.75, 3.05) is 13.1 Å². The van der Waals surface area contributed by atoms with Crippen LogP contribution in [0.2, 0.25) is 4.34 Å². The summed E-state index contributed by atoms with van der Waals surface area (Å²) in [6.07, 6.45) is 2.71. The molecule has 1 aliphatic rings. The van der Waals surface area contributed by atoms with Crippen LogP contribution in [0.4, 0.5) is 0 Å². The molecule has 2 rings (SSSR count). The molecule has 0 saturated heterocycles. The molecule has 3 heteroatoms. The zero-order valence-electron chi connectivity index (χ0n) is 8.42.